The first-order chi connectivity index (χ1) is 6.59. The van der Waals surface area contributed by atoms with E-state index in [0.29, 0.717) is 0 Å². The van der Waals surface area contributed by atoms with Crippen LogP contribution in [0.2, 0.25) is 0 Å². The van der Waals surface area contributed by atoms with Gasteiger partial charge in [0, 0.05) is 0 Å². The second kappa shape index (κ2) is 6.31. The summed E-state index contributed by atoms with van der Waals surface area (Å²) in [6.07, 6.45) is 5.74. The van der Waals surface area contributed by atoms with E-state index in [4.69, 9.17) is 0 Å². The molecule has 0 bridgehead atoms. The summed E-state index contributed by atoms with van der Waals surface area (Å²) in [5.41, 5.74) is 0. The van der Waals surface area contributed by atoms with E-state index in [2.05, 4.69) is 48.3 Å². The largest absolute Gasteiger partial charge is 0.292 e. The van der Waals surface area contributed by atoms with Gasteiger partial charge in [-0.25, -0.2) is 0 Å². The zero-order chi connectivity index (χ0) is 10.6. The van der Waals surface area contributed by atoms with E-state index in [1.54, 1.807) is 0 Å². The van der Waals surface area contributed by atoms with Crippen LogP contribution in [0.4, 0.5) is 0 Å². The van der Waals surface area contributed by atoms with Crippen molar-refractivity contribution in [3.05, 3.63) is 0 Å². The molecule has 84 valence electrons. The lowest BCUT2D eigenvalue weighted by Crippen LogP contribution is -2.37. The topological polar surface area (TPSA) is 3.24 Å². The van der Waals surface area contributed by atoms with E-state index in [-0.39, 0.29) is 0 Å². The van der Waals surface area contributed by atoms with Crippen LogP contribution in [0.1, 0.15) is 46.5 Å². The fourth-order valence-electron chi connectivity index (χ4n) is 2.17. The van der Waals surface area contributed by atoms with Crippen molar-refractivity contribution < 1.29 is 0 Å². The van der Waals surface area contributed by atoms with E-state index in [9.17, 15) is 0 Å². The Morgan fingerprint density at radius 1 is 1.21 bits per heavy atom. The van der Waals surface area contributed by atoms with Gasteiger partial charge in [-0.2, -0.15) is 0 Å². The van der Waals surface area contributed by atoms with Crippen LogP contribution in [0.15, 0.2) is 0 Å². The predicted molar refractivity (Wildman–Crippen MR) is 71.9 cm³/mol. The van der Waals surface area contributed by atoms with Crippen molar-refractivity contribution in [3.8, 4) is 0 Å². The van der Waals surface area contributed by atoms with Gasteiger partial charge in [-0.3, -0.25) is 4.90 Å². The first-order valence-electron chi connectivity index (χ1n) is 5.97. The summed E-state index contributed by atoms with van der Waals surface area (Å²) < 4.78 is 0.721. The quantitative estimate of drug-likeness (QED) is 0.432. The standard InChI is InChI=1S/C12H24IN/c1-10(2)4-5-12-6-8-14(9-7-12)11(3)13/h10-12H,4-9H2,1-3H3. The van der Waals surface area contributed by atoms with Crippen LogP contribution in [0.3, 0.4) is 0 Å². The van der Waals surface area contributed by atoms with Crippen molar-refractivity contribution in [1.82, 2.24) is 4.90 Å². The number of alkyl halides is 1. The molecule has 1 nitrogen and oxygen atoms in total. The summed E-state index contributed by atoms with van der Waals surface area (Å²) in [5, 5.41) is 0. The molecule has 1 unspecified atom stereocenters. The molecule has 0 spiro atoms. The third kappa shape index (κ3) is 4.47. The Kier molecular flexibility index (Phi) is 5.75. The summed E-state index contributed by atoms with van der Waals surface area (Å²) in [6, 6.07) is 0. The maximum absolute atomic E-state index is 2.60. The summed E-state index contributed by atoms with van der Waals surface area (Å²) in [4.78, 5) is 2.60. The molecule has 2 heteroatoms. The molecule has 1 heterocycles. The van der Waals surface area contributed by atoms with Crippen molar-refractivity contribution in [1.29, 1.82) is 0 Å². The average Bonchev–Trinajstić information content (AvgIpc) is 2.15. The second-order valence-corrected chi connectivity index (χ2v) is 6.83. The number of hydrogen-bond donors (Lipinski definition) is 0. The summed E-state index contributed by atoms with van der Waals surface area (Å²) in [7, 11) is 0. The Morgan fingerprint density at radius 3 is 2.21 bits per heavy atom. The molecule has 1 saturated heterocycles. The molecule has 0 saturated carbocycles. The Bertz CT molecular complexity index is 148. The molecule has 0 aromatic rings. The van der Waals surface area contributed by atoms with Gasteiger partial charge >= 0.3 is 0 Å². The maximum atomic E-state index is 2.60. The summed E-state index contributed by atoms with van der Waals surface area (Å²) in [6.45, 7) is 9.62. The number of hydrogen-bond acceptors (Lipinski definition) is 1. The van der Waals surface area contributed by atoms with Crippen LogP contribution in [-0.2, 0) is 0 Å². The van der Waals surface area contributed by atoms with E-state index >= 15 is 0 Å². The van der Waals surface area contributed by atoms with Gasteiger partial charge in [0.25, 0.3) is 0 Å². The van der Waals surface area contributed by atoms with E-state index in [1.807, 2.05) is 0 Å². The molecule has 1 aliphatic rings. The minimum absolute atomic E-state index is 0.721. The van der Waals surface area contributed by atoms with Gasteiger partial charge in [0.15, 0.2) is 0 Å². The number of rotatable bonds is 4. The highest BCUT2D eigenvalue weighted by atomic mass is 127. The van der Waals surface area contributed by atoms with Gasteiger partial charge in [-0.05, 0) is 44.7 Å². The molecule has 1 fully saturated rings. The Hall–Kier alpha value is 0.690. The smallest absolute Gasteiger partial charge is 0.0589 e. The molecule has 0 amide bonds. The van der Waals surface area contributed by atoms with Crippen molar-refractivity contribution in [2.45, 2.75) is 50.5 Å². The number of likely N-dealkylation sites (tertiary alicyclic amines) is 1. The molecule has 0 aliphatic carbocycles. The third-order valence-electron chi connectivity index (χ3n) is 3.30. The maximum Gasteiger partial charge on any atom is 0.0589 e. The van der Waals surface area contributed by atoms with Crippen LogP contribution in [0, 0.1) is 11.8 Å². The molecular formula is C12H24IN. The molecule has 1 rings (SSSR count). The second-order valence-electron chi connectivity index (χ2n) is 5.02. The highest BCUT2D eigenvalue weighted by molar-refractivity contribution is 14.1. The minimum atomic E-state index is 0.721. The SMILES string of the molecule is CC(C)CCC1CCN(C(C)I)CC1. The normalized spacial score (nSPS) is 22.9. The molecule has 1 aliphatic heterocycles. The average molecular weight is 309 g/mol. The van der Waals surface area contributed by atoms with Crippen molar-refractivity contribution in [2.75, 3.05) is 13.1 Å². The molecule has 0 aromatic heterocycles. The fourth-order valence-corrected chi connectivity index (χ4v) is 2.72. The minimum Gasteiger partial charge on any atom is -0.292 e. The Labute approximate surface area is 103 Å². The van der Waals surface area contributed by atoms with Gasteiger partial charge in [-0.1, -0.05) is 49.3 Å². The fraction of sp³-hybridized carbons (Fsp3) is 1.00. The Morgan fingerprint density at radius 2 is 1.79 bits per heavy atom. The molecule has 1 atom stereocenters. The Balaban J connectivity index is 2.16. The predicted octanol–water partition coefficient (Wildman–Crippen LogP) is 3.92. The first-order valence-corrected chi connectivity index (χ1v) is 7.22. The van der Waals surface area contributed by atoms with E-state index in [1.165, 1.54) is 38.8 Å². The number of nitrogens with zero attached hydrogens (tertiary/aromatic N) is 1. The lowest BCUT2D eigenvalue weighted by Gasteiger charge is -2.34. The van der Waals surface area contributed by atoms with Crippen LogP contribution < -0.4 is 0 Å². The van der Waals surface area contributed by atoms with E-state index < -0.39 is 0 Å². The molecule has 0 aromatic carbocycles. The van der Waals surface area contributed by atoms with Crippen LogP contribution in [0.5, 0.6) is 0 Å². The van der Waals surface area contributed by atoms with Crippen molar-refractivity contribution in [2.24, 2.45) is 11.8 Å². The third-order valence-corrected chi connectivity index (χ3v) is 4.09. The monoisotopic (exact) mass is 309 g/mol. The summed E-state index contributed by atoms with van der Waals surface area (Å²) in [5.74, 6) is 1.90. The number of piperidine rings is 1. The molecule has 0 N–H and O–H groups in total. The van der Waals surface area contributed by atoms with Crippen LogP contribution in [0.25, 0.3) is 0 Å². The lowest BCUT2D eigenvalue weighted by molar-refractivity contribution is 0.175. The lowest BCUT2D eigenvalue weighted by atomic mass is 9.90. The number of halogens is 1. The van der Waals surface area contributed by atoms with Gasteiger partial charge in [0.05, 0.1) is 4.05 Å². The molecular weight excluding hydrogens is 285 g/mol. The first kappa shape index (κ1) is 12.8. The van der Waals surface area contributed by atoms with Crippen molar-refractivity contribution >= 4 is 22.6 Å². The van der Waals surface area contributed by atoms with Crippen LogP contribution >= 0.6 is 22.6 Å². The van der Waals surface area contributed by atoms with Crippen LogP contribution in [-0.4, -0.2) is 22.0 Å². The van der Waals surface area contributed by atoms with Crippen molar-refractivity contribution in [3.63, 3.8) is 0 Å². The van der Waals surface area contributed by atoms with Gasteiger partial charge in [0.1, 0.15) is 0 Å². The van der Waals surface area contributed by atoms with E-state index in [0.717, 1.165) is 15.9 Å². The highest BCUT2D eigenvalue weighted by Gasteiger charge is 2.20. The van der Waals surface area contributed by atoms with Gasteiger partial charge < -0.3 is 0 Å². The zero-order valence-corrected chi connectivity index (χ0v) is 12.0. The summed E-state index contributed by atoms with van der Waals surface area (Å²) >= 11 is 2.53. The highest BCUT2D eigenvalue weighted by Crippen LogP contribution is 2.25. The van der Waals surface area contributed by atoms with Gasteiger partial charge in [0.2, 0.25) is 0 Å². The zero-order valence-electron chi connectivity index (χ0n) is 9.80. The molecule has 14 heavy (non-hydrogen) atoms. The molecule has 0 radical (unpaired) electrons. The van der Waals surface area contributed by atoms with Gasteiger partial charge in [-0.15, -0.1) is 0 Å².